The Morgan fingerprint density at radius 2 is 1.15 bits per heavy atom. The third-order valence-electron chi connectivity index (χ3n) is 13.8. The summed E-state index contributed by atoms with van der Waals surface area (Å²) in [5, 5.41) is 21.8. The second-order valence-corrected chi connectivity index (χ2v) is 15.7. The minimum absolute atomic E-state index is 0.0188. The summed E-state index contributed by atoms with van der Waals surface area (Å²) >= 11 is 0. The average molecular weight is 459 g/mol. The van der Waals surface area contributed by atoms with E-state index in [0.717, 1.165) is 31.6 Å². The lowest BCUT2D eigenvalue weighted by Gasteiger charge is -2.63. The Morgan fingerprint density at radius 3 is 1.79 bits per heavy atom. The van der Waals surface area contributed by atoms with Crippen LogP contribution >= 0.6 is 0 Å². The molecule has 1 spiro atoms. The molecular weight excluding hydrogens is 408 g/mol. The van der Waals surface area contributed by atoms with E-state index in [4.69, 9.17) is 4.74 Å². The van der Waals surface area contributed by atoms with E-state index in [2.05, 4.69) is 48.5 Å². The molecule has 0 unspecified atom stereocenters. The molecule has 1 aliphatic heterocycles. The van der Waals surface area contributed by atoms with E-state index in [1.165, 1.54) is 38.5 Å². The highest BCUT2D eigenvalue weighted by Gasteiger charge is 2.76. The third-order valence-corrected chi connectivity index (χ3v) is 13.8. The molecule has 6 rings (SSSR count). The van der Waals surface area contributed by atoms with Crippen molar-refractivity contribution < 1.29 is 14.9 Å². The van der Waals surface area contributed by atoms with Crippen LogP contribution in [0.5, 0.6) is 0 Å². The van der Waals surface area contributed by atoms with Gasteiger partial charge in [-0.3, -0.25) is 0 Å². The fourth-order valence-corrected chi connectivity index (χ4v) is 12.0. The molecule has 0 amide bonds. The predicted octanol–water partition coefficient (Wildman–Crippen LogP) is 6.35. The number of fused-ring (bicyclic) bond motifs is 5. The van der Waals surface area contributed by atoms with Crippen LogP contribution in [0.4, 0.5) is 0 Å². The summed E-state index contributed by atoms with van der Waals surface area (Å²) in [7, 11) is 0. The van der Waals surface area contributed by atoms with Gasteiger partial charge in [0.25, 0.3) is 0 Å². The molecule has 0 radical (unpaired) electrons. The summed E-state index contributed by atoms with van der Waals surface area (Å²) in [5.41, 5.74) is 1.05. The van der Waals surface area contributed by atoms with Gasteiger partial charge in [-0.1, -0.05) is 48.5 Å². The zero-order chi connectivity index (χ0) is 23.8. The monoisotopic (exact) mass is 458 g/mol. The van der Waals surface area contributed by atoms with Crippen LogP contribution in [0.2, 0.25) is 0 Å². The number of hydrogen-bond acceptors (Lipinski definition) is 3. The van der Waals surface area contributed by atoms with E-state index in [-0.39, 0.29) is 34.1 Å². The average Bonchev–Trinajstić information content (AvgIpc) is 3.43. The van der Waals surface area contributed by atoms with Crippen LogP contribution in [-0.4, -0.2) is 34.1 Å². The van der Waals surface area contributed by atoms with Crippen molar-refractivity contribution >= 4 is 0 Å². The molecule has 0 aromatic rings. The molecule has 0 bridgehead atoms. The Hall–Kier alpha value is -0.120. The molecule has 5 saturated carbocycles. The van der Waals surface area contributed by atoms with Gasteiger partial charge in [0, 0.05) is 0 Å². The van der Waals surface area contributed by atoms with Gasteiger partial charge >= 0.3 is 0 Å². The fourth-order valence-electron chi connectivity index (χ4n) is 12.0. The molecule has 188 valence electrons. The minimum atomic E-state index is -0.178. The summed E-state index contributed by atoms with van der Waals surface area (Å²) in [6.07, 6.45) is 11.9. The van der Waals surface area contributed by atoms with Crippen LogP contribution in [0, 0.1) is 50.7 Å². The van der Waals surface area contributed by atoms with E-state index in [9.17, 15) is 10.2 Å². The van der Waals surface area contributed by atoms with Crippen molar-refractivity contribution in [2.24, 2.45) is 50.7 Å². The largest absolute Gasteiger partial charge is 0.393 e. The fraction of sp³-hybridized carbons (Fsp3) is 1.00. The van der Waals surface area contributed by atoms with E-state index < -0.39 is 0 Å². The Labute approximate surface area is 202 Å². The first-order chi connectivity index (χ1) is 15.2. The molecular formula is C30H50O3. The molecule has 11 atom stereocenters. The number of aliphatic hydroxyl groups is 2. The first-order valence-corrected chi connectivity index (χ1v) is 14.3. The van der Waals surface area contributed by atoms with Gasteiger partial charge in [0.2, 0.25) is 0 Å². The molecule has 6 fully saturated rings. The van der Waals surface area contributed by atoms with Gasteiger partial charge in [0.1, 0.15) is 0 Å². The van der Waals surface area contributed by atoms with Crippen LogP contribution < -0.4 is 0 Å². The smallest absolute Gasteiger partial charge is 0.0987 e. The number of rotatable bonds is 0. The van der Waals surface area contributed by atoms with Crippen LogP contribution in [0.15, 0.2) is 0 Å². The molecule has 1 saturated heterocycles. The summed E-state index contributed by atoms with van der Waals surface area (Å²) in [6.45, 7) is 17.2. The zero-order valence-electron chi connectivity index (χ0n) is 22.4. The molecule has 2 N–H and O–H groups in total. The standard InChI is InChI=1S/C30H50O3/c1-25(2)18-10-13-27(5)17-30-20(9-8-19(27)28(18,6)14-11-22(25)31)29(7)15-12-23(32)26(3,4)21(29)16-24(30)33-30/h18-24,31-32H,8-17H2,1-7H3/t18-,19-,20+,21-,22-,23-,24+,27-,28-,29+,30-/m0/s1. The molecule has 0 aromatic carbocycles. The SMILES string of the molecule is CC1(C)[C@@H](O)CC[C@@]2(C)[C@H]1CC[C@@]1(C)C[C@@]34O[C@@H]3C[C@H]3C(C)(C)[C@@H](O)CC[C@]3(C)[C@H]4CC[C@@H]12. The predicted molar refractivity (Wildman–Crippen MR) is 132 cm³/mol. The highest BCUT2D eigenvalue weighted by Crippen LogP contribution is 2.76. The first kappa shape index (κ1) is 23.3. The van der Waals surface area contributed by atoms with E-state index >= 15 is 0 Å². The molecule has 3 nitrogen and oxygen atoms in total. The van der Waals surface area contributed by atoms with Crippen molar-refractivity contribution in [3.8, 4) is 0 Å². The highest BCUT2D eigenvalue weighted by atomic mass is 16.6. The second kappa shape index (κ2) is 6.60. The van der Waals surface area contributed by atoms with E-state index in [1.54, 1.807) is 0 Å². The Balaban J connectivity index is 1.38. The Bertz CT molecular complexity index is 816. The van der Waals surface area contributed by atoms with Crippen molar-refractivity contribution in [1.29, 1.82) is 0 Å². The Kier molecular flexibility index (Phi) is 4.66. The van der Waals surface area contributed by atoms with Gasteiger partial charge in [-0.2, -0.15) is 0 Å². The minimum Gasteiger partial charge on any atom is -0.393 e. The van der Waals surface area contributed by atoms with Gasteiger partial charge in [-0.15, -0.1) is 0 Å². The van der Waals surface area contributed by atoms with Gasteiger partial charge in [0.15, 0.2) is 0 Å². The molecule has 3 heteroatoms. The summed E-state index contributed by atoms with van der Waals surface area (Å²) < 4.78 is 6.85. The number of aliphatic hydroxyl groups excluding tert-OH is 2. The lowest BCUT2D eigenvalue weighted by Crippen LogP contribution is -2.59. The molecule has 5 aliphatic carbocycles. The highest BCUT2D eigenvalue weighted by molar-refractivity contribution is 5.24. The van der Waals surface area contributed by atoms with Crippen LogP contribution in [0.25, 0.3) is 0 Å². The van der Waals surface area contributed by atoms with Gasteiger partial charge < -0.3 is 14.9 Å². The number of hydrogen-bond donors (Lipinski definition) is 2. The van der Waals surface area contributed by atoms with Crippen molar-refractivity contribution in [3.63, 3.8) is 0 Å². The van der Waals surface area contributed by atoms with Gasteiger partial charge in [-0.05, 0) is 115 Å². The topological polar surface area (TPSA) is 53.0 Å². The maximum atomic E-state index is 10.9. The maximum absolute atomic E-state index is 10.9. The zero-order valence-corrected chi connectivity index (χ0v) is 22.4. The molecule has 33 heavy (non-hydrogen) atoms. The lowest BCUT2D eigenvalue weighted by molar-refractivity contribution is -0.173. The lowest BCUT2D eigenvalue weighted by atomic mass is 9.41. The van der Waals surface area contributed by atoms with Crippen LogP contribution in [0.1, 0.15) is 113 Å². The number of epoxide rings is 1. The summed E-state index contributed by atoms with van der Waals surface area (Å²) in [4.78, 5) is 0. The van der Waals surface area contributed by atoms with Crippen molar-refractivity contribution in [3.05, 3.63) is 0 Å². The first-order valence-electron chi connectivity index (χ1n) is 14.3. The van der Waals surface area contributed by atoms with Gasteiger partial charge in [-0.25, -0.2) is 0 Å². The third kappa shape index (κ3) is 2.74. The van der Waals surface area contributed by atoms with Crippen LogP contribution in [0.3, 0.4) is 0 Å². The molecule has 1 heterocycles. The van der Waals surface area contributed by atoms with Gasteiger partial charge in [0.05, 0.1) is 23.9 Å². The number of ether oxygens (including phenoxy) is 1. The molecule has 6 aliphatic rings. The quantitative estimate of drug-likeness (QED) is 0.416. The Morgan fingerprint density at radius 1 is 0.606 bits per heavy atom. The van der Waals surface area contributed by atoms with E-state index in [0.29, 0.717) is 34.7 Å². The normalized spacial score (nSPS) is 60.8. The summed E-state index contributed by atoms with van der Waals surface area (Å²) in [5.74, 6) is 2.53. The van der Waals surface area contributed by atoms with Crippen LogP contribution in [-0.2, 0) is 4.74 Å². The van der Waals surface area contributed by atoms with Crippen molar-refractivity contribution in [2.75, 3.05) is 0 Å². The molecule has 0 aromatic heterocycles. The van der Waals surface area contributed by atoms with Crippen molar-refractivity contribution in [2.45, 2.75) is 137 Å². The second-order valence-electron chi connectivity index (χ2n) is 15.7. The summed E-state index contributed by atoms with van der Waals surface area (Å²) in [6, 6.07) is 0. The van der Waals surface area contributed by atoms with Crippen molar-refractivity contribution in [1.82, 2.24) is 0 Å². The maximum Gasteiger partial charge on any atom is 0.0987 e. The van der Waals surface area contributed by atoms with E-state index in [1.807, 2.05) is 0 Å².